The van der Waals surface area contributed by atoms with Crippen LogP contribution in [0, 0.1) is 0 Å². The maximum Gasteiger partial charge on any atom is 0.0705 e. The summed E-state index contributed by atoms with van der Waals surface area (Å²) in [7, 11) is 0. The van der Waals surface area contributed by atoms with Gasteiger partial charge in [0, 0.05) is 11.6 Å². The van der Waals surface area contributed by atoms with Crippen LogP contribution >= 0.6 is 0 Å². The third-order valence-electron chi connectivity index (χ3n) is 3.26. The van der Waals surface area contributed by atoms with Crippen LogP contribution in [-0.2, 0) is 5.41 Å². The highest BCUT2D eigenvalue weighted by Gasteiger charge is 2.15. The predicted octanol–water partition coefficient (Wildman–Crippen LogP) is 4.66. The van der Waals surface area contributed by atoms with E-state index in [-0.39, 0.29) is 5.41 Å². The average Bonchev–Trinajstić information content (AvgIpc) is 2.26. The quantitative estimate of drug-likeness (QED) is 0.690. The summed E-state index contributed by atoms with van der Waals surface area (Å²) in [5.74, 6) is 0.538. The minimum Gasteiger partial charge on any atom is -0.256 e. The molecule has 1 heteroatoms. The summed E-state index contributed by atoms with van der Waals surface area (Å²) in [4.78, 5) is 4.45. The van der Waals surface area contributed by atoms with Crippen LogP contribution in [0.3, 0.4) is 0 Å². The normalized spacial score (nSPS) is 12.4. The highest BCUT2D eigenvalue weighted by Crippen LogP contribution is 2.29. The minimum absolute atomic E-state index is 0.193. The van der Waals surface area contributed by atoms with Crippen LogP contribution in [0.4, 0.5) is 0 Å². The third-order valence-corrected chi connectivity index (χ3v) is 3.26. The molecule has 0 fully saturated rings. The fourth-order valence-corrected chi connectivity index (χ4v) is 2.14. The molecule has 0 aliphatic carbocycles. The Morgan fingerprint density at radius 2 is 1.76 bits per heavy atom. The molecule has 0 saturated heterocycles. The molecule has 0 amide bonds. The first-order valence-corrected chi connectivity index (χ1v) is 6.29. The lowest BCUT2D eigenvalue weighted by Crippen LogP contribution is -2.11. The Labute approximate surface area is 104 Å². The van der Waals surface area contributed by atoms with Crippen molar-refractivity contribution in [1.29, 1.82) is 0 Å². The van der Waals surface area contributed by atoms with Crippen LogP contribution in [0.15, 0.2) is 30.5 Å². The van der Waals surface area contributed by atoms with E-state index >= 15 is 0 Å². The van der Waals surface area contributed by atoms with Gasteiger partial charge in [-0.15, -0.1) is 0 Å². The van der Waals surface area contributed by atoms with Gasteiger partial charge in [0.25, 0.3) is 0 Å². The number of pyridine rings is 1. The number of fused-ring (bicyclic) bond motifs is 1. The molecule has 1 aromatic carbocycles. The van der Waals surface area contributed by atoms with Gasteiger partial charge in [0.15, 0.2) is 0 Å². The third kappa shape index (κ3) is 2.33. The van der Waals surface area contributed by atoms with Crippen molar-refractivity contribution in [3.63, 3.8) is 0 Å². The summed E-state index contributed by atoms with van der Waals surface area (Å²) >= 11 is 0. The van der Waals surface area contributed by atoms with Crippen molar-refractivity contribution in [3.8, 4) is 0 Å². The van der Waals surface area contributed by atoms with Gasteiger partial charge in [-0.3, -0.25) is 4.98 Å². The summed E-state index contributed by atoms with van der Waals surface area (Å²) in [6.45, 7) is 11.2. The Morgan fingerprint density at radius 1 is 1.06 bits per heavy atom. The fraction of sp³-hybridized carbons (Fsp3) is 0.438. The molecule has 0 aliphatic heterocycles. The molecule has 0 unspecified atom stereocenters. The van der Waals surface area contributed by atoms with E-state index in [2.05, 4.69) is 63.9 Å². The molecular weight excluding hydrogens is 206 g/mol. The number of rotatable bonds is 1. The van der Waals surface area contributed by atoms with E-state index in [1.807, 2.05) is 6.20 Å². The fourth-order valence-electron chi connectivity index (χ4n) is 2.14. The van der Waals surface area contributed by atoms with Crippen LogP contribution in [0.5, 0.6) is 0 Å². The first-order chi connectivity index (χ1) is 7.89. The van der Waals surface area contributed by atoms with Crippen molar-refractivity contribution in [2.24, 2.45) is 0 Å². The predicted molar refractivity (Wildman–Crippen MR) is 74.5 cm³/mol. The maximum atomic E-state index is 4.45. The Morgan fingerprint density at radius 3 is 2.35 bits per heavy atom. The lowest BCUT2D eigenvalue weighted by atomic mass is 9.85. The van der Waals surface area contributed by atoms with Crippen LogP contribution in [0.1, 0.15) is 51.7 Å². The zero-order valence-corrected chi connectivity index (χ0v) is 11.4. The summed E-state index contributed by atoms with van der Waals surface area (Å²) in [6, 6.07) is 8.78. The van der Waals surface area contributed by atoms with Crippen LogP contribution in [0.25, 0.3) is 10.9 Å². The van der Waals surface area contributed by atoms with Crippen molar-refractivity contribution >= 4 is 10.9 Å². The molecule has 0 radical (unpaired) electrons. The zero-order chi connectivity index (χ0) is 12.6. The van der Waals surface area contributed by atoms with E-state index < -0.39 is 0 Å². The summed E-state index contributed by atoms with van der Waals surface area (Å²) in [5.41, 5.74) is 4.06. The van der Waals surface area contributed by atoms with E-state index in [1.165, 1.54) is 16.5 Å². The number of benzene rings is 1. The first kappa shape index (κ1) is 12.1. The number of aromatic nitrogens is 1. The number of hydrogen-bond acceptors (Lipinski definition) is 1. The van der Waals surface area contributed by atoms with Crippen molar-refractivity contribution in [2.45, 2.75) is 46.0 Å². The largest absolute Gasteiger partial charge is 0.256 e. The zero-order valence-electron chi connectivity index (χ0n) is 11.4. The smallest absolute Gasteiger partial charge is 0.0705 e. The molecule has 1 heterocycles. The molecule has 0 saturated carbocycles. The van der Waals surface area contributed by atoms with E-state index in [9.17, 15) is 0 Å². The molecule has 2 rings (SSSR count). The van der Waals surface area contributed by atoms with E-state index in [0.29, 0.717) is 5.92 Å². The van der Waals surface area contributed by atoms with Gasteiger partial charge < -0.3 is 0 Å². The Hall–Kier alpha value is -1.37. The van der Waals surface area contributed by atoms with Crippen molar-refractivity contribution in [3.05, 3.63) is 41.6 Å². The lowest BCUT2D eigenvalue weighted by Gasteiger charge is -2.20. The van der Waals surface area contributed by atoms with Gasteiger partial charge in [-0.2, -0.15) is 0 Å². The molecule has 1 nitrogen and oxygen atoms in total. The van der Waals surface area contributed by atoms with Crippen molar-refractivity contribution in [1.82, 2.24) is 4.98 Å². The Kier molecular flexibility index (Phi) is 2.94. The van der Waals surface area contributed by atoms with Crippen molar-refractivity contribution < 1.29 is 0 Å². The number of nitrogens with zero attached hydrogens (tertiary/aromatic N) is 1. The molecule has 0 aliphatic rings. The Bertz CT molecular complexity index is 533. The van der Waals surface area contributed by atoms with E-state index in [4.69, 9.17) is 0 Å². The molecule has 17 heavy (non-hydrogen) atoms. The van der Waals surface area contributed by atoms with E-state index in [0.717, 1.165) is 5.52 Å². The molecule has 0 N–H and O–H groups in total. The highest BCUT2D eigenvalue weighted by molar-refractivity contribution is 5.83. The molecule has 90 valence electrons. The number of hydrogen-bond donors (Lipinski definition) is 0. The van der Waals surface area contributed by atoms with Crippen LogP contribution < -0.4 is 0 Å². The SMILES string of the molecule is CC(C)c1ccnc2ccc(C(C)(C)C)cc12. The summed E-state index contributed by atoms with van der Waals surface area (Å²) in [6.07, 6.45) is 1.91. The minimum atomic E-state index is 0.193. The second-order valence-electron chi connectivity index (χ2n) is 6.04. The van der Waals surface area contributed by atoms with E-state index in [1.54, 1.807) is 0 Å². The molecule has 0 atom stereocenters. The van der Waals surface area contributed by atoms with Gasteiger partial charge in [0.2, 0.25) is 0 Å². The summed E-state index contributed by atoms with van der Waals surface area (Å²) < 4.78 is 0. The molecule has 0 bridgehead atoms. The maximum absolute atomic E-state index is 4.45. The second-order valence-corrected chi connectivity index (χ2v) is 6.04. The molecule has 2 aromatic rings. The van der Waals surface area contributed by atoms with Crippen molar-refractivity contribution in [2.75, 3.05) is 0 Å². The Balaban J connectivity index is 2.70. The molecule has 0 spiro atoms. The van der Waals surface area contributed by atoms with Crippen LogP contribution in [-0.4, -0.2) is 4.98 Å². The topological polar surface area (TPSA) is 12.9 Å². The highest BCUT2D eigenvalue weighted by atomic mass is 14.6. The molecular formula is C16H21N. The second kappa shape index (κ2) is 4.14. The van der Waals surface area contributed by atoms with Gasteiger partial charge in [0.05, 0.1) is 5.52 Å². The molecule has 1 aromatic heterocycles. The van der Waals surface area contributed by atoms with Gasteiger partial charge in [-0.25, -0.2) is 0 Å². The van der Waals surface area contributed by atoms with Crippen LogP contribution in [0.2, 0.25) is 0 Å². The standard InChI is InChI=1S/C16H21N/c1-11(2)13-8-9-17-15-7-6-12(10-14(13)15)16(3,4)5/h6-11H,1-5H3. The average molecular weight is 227 g/mol. The monoisotopic (exact) mass is 227 g/mol. The van der Waals surface area contributed by atoms with Gasteiger partial charge in [-0.1, -0.05) is 40.7 Å². The lowest BCUT2D eigenvalue weighted by molar-refractivity contribution is 0.591. The summed E-state index contributed by atoms with van der Waals surface area (Å²) in [5, 5.41) is 1.30. The first-order valence-electron chi connectivity index (χ1n) is 6.29. The van der Waals surface area contributed by atoms with Gasteiger partial charge >= 0.3 is 0 Å². The van der Waals surface area contributed by atoms with Gasteiger partial charge in [-0.05, 0) is 40.7 Å². The van der Waals surface area contributed by atoms with Gasteiger partial charge in [0.1, 0.15) is 0 Å².